The number of amides is 1. The van der Waals surface area contributed by atoms with Crippen LogP contribution in [0.3, 0.4) is 0 Å². The maximum Gasteiger partial charge on any atom is 0.225 e. The van der Waals surface area contributed by atoms with E-state index in [4.69, 9.17) is 0 Å². The van der Waals surface area contributed by atoms with E-state index in [0.29, 0.717) is 17.2 Å². The van der Waals surface area contributed by atoms with E-state index >= 15 is 0 Å². The molecule has 0 unspecified atom stereocenters. The molecule has 0 aliphatic heterocycles. The van der Waals surface area contributed by atoms with Gasteiger partial charge >= 0.3 is 0 Å². The lowest BCUT2D eigenvalue weighted by Crippen LogP contribution is -2.15. The van der Waals surface area contributed by atoms with Gasteiger partial charge in [0, 0.05) is 34.4 Å². The molecular weight excluding hydrogens is 301 g/mol. The van der Waals surface area contributed by atoms with E-state index in [9.17, 15) is 13.4 Å². The third kappa shape index (κ3) is 5.07. The van der Waals surface area contributed by atoms with Gasteiger partial charge < -0.3 is 5.32 Å². The van der Waals surface area contributed by atoms with Crippen LogP contribution in [0.25, 0.3) is 0 Å². The third-order valence-electron chi connectivity index (χ3n) is 3.26. The molecule has 3 nitrogen and oxygen atoms in total. The first-order chi connectivity index (χ1) is 10.5. The maximum atomic E-state index is 12.8. The molecule has 22 heavy (non-hydrogen) atoms. The molecule has 116 valence electrons. The lowest BCUT2D eigenvalue weighted by Gasteiger charge is -2.07. The summed E-state index contributed by atoms with van der Waals surface area (Å²) in [6.45, 7) is 1.98. The molecule has 1 N–H and O–H groups in total. The Hall–Kier alpha value is -2.01. The molecule has 0 aliphatic rings. The number of anilines is 1. The van der Waals surface area contributed by atoms with Gasteiger partial charge in [-0.3, -0.25) is 9.00 Å². The van der Waals surface area contributed by atoms with Crippen LogP contribution >= 0.6 is 0 Å². The van der Waals surface area contributed by atoms with E-state index in [2.05, 4.69) is 5.32 Å². The van der Waals surface area contributed by atoms with Crippen molar-refractivity contribution in [1.29, 1.82) is 0 Å². The van der Waals surface area contributed by atoms with E-state index in [0.717, 1.165) is 11.1 Å². The van der Waals surface area contributed by atoms with Gasteiger partial charge in [-0.05, 0) is 42.3 Å². The van der Waals surface area contributed by atoms with Gasteiger partial charge in [0.05, 0.1) is 0 Å². The maximum absolute atomic E-state index is 12.8. The van der Waals surface area contributed by atoms with Crippen LogP contribution in [0.5, 0.6) is 0 Å². The first-order valence-electron chi connectivity index (χ1n) is 6.99. The minimum absolute atomic E-state index is 0.176. The molecule has 0 saturated heterocycles. The zero-order chi connectivity index (χ0) is 15.9. The summed E-state index contributed by atoms with van der Waals surface area (Å²) in [4.78, 5) is 11.8. The molecule has 0 spiro atoms. The highest BCUT2D eigenvalue weighted by Gasteiger charge is 2.08. The van der Waals surface area contributed by atoms with E-state index in [1.54, 1.807) is 0 Å². The number of hydrogen-bond acceptors (Lipinski definition) is 2. The molecular formula is C17H18FNO2S. The van der Waals surface area contributed by atoms with Gasteiger partial charge in [0.15, 0.2) is 0 Å². The minimum Gasteiger partial charge on any atom is -0.326 e. The Labute approximate surface area is 132 Å². The Morgan fingerprint density at radius 3 is 2.50 bits per heavy atom. The van der Waals surface area contributed by atoms with Gasteiger partial charge in [0.25, 0.3) is 0 Å². The van der Waals surface area contributed by atoms with Crippen molar-refractivity contribution in [2.24, 2.45) is 0 Å². The highest BCUT2D eigenvalue weighted by molar-refractivity contribution is 7.84. The Balaban J connectivity index is 1.79. The number of benzene rings is 2. The number of carbonyl (C=O) groups excluding carboxylic acids is 1. The zero-order valence-electron chi connectivity index (χ0n) is 12.3. The summed E-state index contributed by atoms with van der Waals surface area (Å²) in [7, 11) is -1.08. The molecule has 0 heterocycles. The molecule has 0 aliphatic carbocycles. The normalized spacial score (nSPS) is 11.9. The van der Waals surface area contributed by atoms with Crippen LogP contribution in [0, 0.1) is 12.7 Å². The Morgan fingerprint density at radius 2 is 1.82 bits per heavy atom. The molecule has 1 atom stereocenters. The Kier molecular flexibility index (Phi) is 5.83. The second-order valence-corrected chi connectivity index (χ2v) is 6.60. The van der Waals surface area contributed by atoms with Crippen LogP contribution in [0.4, 0.5) is 10.1 Å². The highest BCUT2D eigenvalue weighted by Crippen LogP contribution is 2.11. The number of rotatable bonds is 6. The van der Waals surface area contributed by atoms with Crippen molar-refractivity contribution in [3.05, 3.63) is 65.5 Å². The molecule has 0 saturated carbocycles. The fourth-order valence-electron chi connectivity index (χ4n) is 1.98. The summed E-state index contributed by atoms with van der Waals surface area (Å²) < 4.78 is 24.8. The molecule has 2 aromatic rings. The van der Waals surface area contributed by atoms with Gasteiger partial charge in [-0.2, -0.15) is 0 Å². The summed E-state index contributed by atoms with van der Waals surface area (Å²) in [5.74, 6) is 0.194. The average molecular weight is 319 g/mol. The highest BCUT2D eigenvalue weighted by atomic mass is 32.2. The summed E-state index contributed by atoms with van der Waals surface area (Å²) >= 11 is 0. The topological polar surface area (TPSA) is 46.2 Å². The molecule has 2 aromatic carbocycles. The van der Waals surface area contributed by atoms with Gasteiger partial charge in [0.1, 0.15) is 5.82 Å². The van der Waals surface area contributed by atoms with Gasteiger partial charge in [-0.1, -0.05) is 24.3 Å². The Morgan fingerprint density at radius 1 is 1.14 bits per heavy atom. The second kappa shape index (κ2) is 7.84. The largest absolute Gasteiger partial charge is 0.326 e. The predicted octanol–water partition coefficient (Wildman–Crippen LogP) is 3.41. The molecule has 0 fully saturated rings. The second-order valence-electron chi connectivity index (χ2n) is 5.02. The van der Waals surface area contributed by atoms with Crippen molar-refractivity contribution in [2.45, 2.75) is 19.1 Å². The molecule has 0 aromatic heterocycles. The molecule has 2 rings (SSSR count). The number of nitrogens with one attached hydrogen (secondary N) is 1. The first kappa shape index (κ1) is 16.4. The fourth-order valence-corrected chi connectivity index (χ4v) is 3.21. The summed E-state index contributed by atoms with van der Waals surface area (Å²) in [6, 6.07) is 13.4. The summed E-state index contributed by atoms with van der Waals surface area (Å²) in [5, 5.41) is 2.66. The summed E-state index contributed by atoms with van der Waals surface area (Å²) in [5.41, 5.74) is 2.68. The van der Waals surface area contributed by atoms with Crippen molar-refractivity contribution in [2.75, 3.05) is 11.1 Å². The monoisotopic (exact) mass is 319 g/mol. The fraction of sp³-hybridized carbons (Fsp3) is 0.235. The third-order valence-corrected chi connectivity index (χ3v) is 4.55. The van der Waals surface area contributed by atoms with Crippen molar-refractivity contribution in [1.82, 2.24) is 0 Å². The van der Waals surface area contributed by atoms with Gasteiger partial charge in [-0.15, -0.1) is 0 Å². The average Bonchev–Trinajstić information content (AvgIpc) is 2.50. The van der Waals surface area contributed by atoms with Crippen LogP contribution in [-0.2, 0) is 21.3 Å². The van der Waals surface area contributed by atoms with Crippen LogP contribution in [0.2, 0.25) is 0 Å². The molecule has 5 heteroatoms. The van der Waals surface area contributed by atoms with Crippen molar-refractivity contribution in [3.63, 3.8) is 0 Å². The van der Waals surface area contributed by atoms with E-state index in [1.807, 2.05) is 31.2 Å². The lowest BCUT2D eigenvalue weighted by atomic mass is 10.1. The first-order valence-corrected chi connectivity index (χ1v) is 8.48. The van der Waals surface area contributed by atoms with Crippen molar-refractivity contribution in [3.8, 4) is 0 Å². The van der Waals surface area contributed by atoms with Crippen molar-refractivity contribution < 1.29 is 13.4 Å². The minimum atomic E-state index is -1.08. The van der Waals surface area contributed by atoms with Crippen LogP contribution in [0.15, 0.2) is 48.5 Å². The SMILES string of the molecule is Cc1ccccc1C[S@](=O)CCC(=O)Nc1ccc(F)cc1. The van der Waals surface area contributed by atoms with E-state index in [1.165, 1.54) is 24.3 Å². The predicted molar refractivity (Wildman–Crippen MR) is 87.5 cm³/mol. The number of aryl methyl sites for hydroxylation is 1. The van der Waals surface area contributed by atoms with Gasteiger partial charge in [0.2, 0.25) is 5.91 Å². The molecule has 0 radical (unpaired) electrons. The quantitative estimate of drug-likeness (QED) is 0.887. The van der Waals surface area contributed by atoms with Crippen LogP contribution in [-0.4, -0.2) is 15.9 Å². The van der Waals surface area contributed by atoms with Crippen molar-refractivity contribution >= 4 is 22.4 Å². The molecule has 0 bridgehead atoms. The van der Waals surface area contributed by atoms with Crippen LogP contribution in [0.1, 0.15) is 17.5 Å². The summed E-state index contributed by atoms with van der Waals surface area (Å²) in [6.07, 6.45) is 0.176. The lowest BCUT2D eigenvalue weighted by molar-refractivity contribution is -0.115. The standard InChI is InChI=1S/C17H18FNO2S/c1-13-4-2-3-5-14(13)12-22(21)11-10-17(20)19-16-8-6-15(18)7-9-16/h2-9H,10-12H2,1H3,(H,19,20)/t22-/m1/s1. The Bertz CT molecular complexity index is 671. The van der Waals surface area contributed by atoms with Gasteiger partial charge in [-0.25, -0.2) is 4.39 Å². The van der Waals surface area contributed by atoms with E-state index in [-0.39, 0.29) is 18.1 Å². The number of hydrogen-bond donors (Lipinski definition) is 1. The smallest absolute Gasteiger partial charge is 0.225 e. The zero-order valence-corrected chi connectivity index (χ0v) is 13.2. The van der Waals surface area contributed by atoms with Crippen LogP contribution < -0.4 is 5.32 Å². The number of halogens is 1. The number of carbonyl (C=O) groups is 1. The van der Waals surface area contributed by atoms with E-state index < -0.39 is 10.8 Å². The molecule has 1 amide bonds.